The number of methoxy groups -OCH3 is 1. The first-order valence-corrected chi connectivity index (χ1v) is 4.36. The summed E-state index contributed by atoms with van der Waals surface area (Å²) in [5.41, 5.74) is 0. The van der Waals surface area contributed by atoms with Crippen LogP contribution in [0.1, 0.15) is 19.3 Å². The molecule has 2 nitrogen and oxygen atoms in total. The van der Waals surface area contributed by atoms with E-state index in [9.17, 15) is 13.2 Å². The van der Waals surface area contributed by atoms with Crippen LogP contribution in [-0.2, 0) is 4.74 Å². The summed E-state index contributed by atoms with van der Waals surface area (Å²) in [5, 5.41) is 2.47. The minimum absolute atomic E-state index is 0.0534. The van der Waals surface area contributed by atoms with Crippen LogP contribution >= 0.6 is 0 Å². The summed E-state index contributed by atoms with van der Waals surface area (Å²) < 4.78 is 40.6. The average Bonchev–Trinajstić information content (AvgIpc) is 2.46. The summed E-state index contributed by atoms with van der Waals surface area (Å²) >= 11 is 0. The standard InChI is InChI=1S/C8H14F3NO/c1-13-7-4-2-3-6(7)12-5-8(9,10)11/h6-7,12H,2-5H2,1H3. The van der Waals surface area contributed by atoms with E-state index >= 15 is 0 Å². The number of halogens is 3. The molecule has 2 unspecified atom stereocenters. The van der Waals surface area contributed by atoms with Gasteiger partial charge in [0, 0.05) is 13.2 Å². The molecule has 2 atom stereocenters. The van der Waals surface area contributed by atoms with Gasteiger partial charge in [0.25, 0.3) is 0 Å². The molecule has 1 rings (SSSR count). The summed E-state index contributed by atoms with van der Waals surface area (Å²) in [4.78, 5) is 0. The first-order valence-electron chi connectivity index (χ1n) is 4.36. The number of rotatable bonds is 3. The monoisotopic (exact) mass is 197 g/mol. The van der Waals surface area contributed by atoms with Gasteiger partial charge < -0.3 is 10.1 Å². The molecule has 1 aliphatic carbocycles. The Bertz CT molecular complexity index is 160. The van der Waals surface area contributed by atoms with Crippen LogP contribution in [0.3, 0.4) is 0 Å². The molecule has 1 N–H and O–H groups in total. The smallest absolute Gasteiger partial charge is 0.380 e. The van der Waals surface area contributed by atoms with E-state index in [-0.39, 0.29) is 12.1 Å². The van der Waals surface area contributed by atoms with E-state index in [1.165, 1.54) is 7.11 Å². The Morgan fingerprint density at radius 2 is 2.08 bits per heavy atom. The van der Waals surface area contributed by atoms with Gasteiger partial charge in [0.2, 0.25) is 0 Å². The predicted molar refractivity (Wildman–Crippen MR) is 42.5 cm³/mol. The molecule has 0 aromatic carbocycles. The van der Waals surface area contributed by atoms with Crippen LogP contribution in [0.25, 0.3) is 0 Å². The van der Waals surface area contributed by atoms with Crippen LogP contribution in [0.5, 0.6) is 0 Å². The van der Waals surface area contributed by atoms with E-state index in [2.05, 4.69) is 5.32 Å². The molecule has 0 aliphatic heterocycles. The second-order valence-electron chi connectivity index (χ2n) is 3.31. The molecule has 0 amide bonds. The lowest BCUT2D eigenvalue weighted by atomic mass is 10.2. The Morgan fingerprint density at radius 3 is 2.62 bits per heavy atom. The summed E-state index contributed by atoms with van der Waals surface area (Å²) in [6.45, 7) is -0.919. The molecule has 1 aliphatic rings. The molecule has 0 bridgehead atoms. The molecule has 5 heteroatoms. The zero-order valence-electron chi connectivity index (χ0n) is 7.53. The van der Waals surface area contributed by atoms with Gasteiger partial charge in [0.1, 0.15) is 0 Å². The fourth-order valence-electron chi connectivity index (χ4n) is 1.69. The third-order valence-electron chi connectivity index (χ3n) is 2.32. The van der Waals surface area contributed by atoms with Gasteiger partial charge in [0.05, 0.1) is 12.6 Å². The van der Waals surface area contributed by atoms with Crippen molar-refractivity contribution in [3.05, 3.63) is 0 Å². The first kappa shape index (κ1) is 10.8. The Morgan fingerprint density at radius 1 is 1.38 bits per heavy atom. The van der Waals surface area contributed by atoms with Crippen molar-refractivity contribution in [2.45, 2.75) is 37.6 Å². The van der Waals surface area contributed by atoms with Gasteiger partial charge in [0.15, 0.2) is 0 Å². The van der Waals surface area contributed by atoms with E-state index in [0.717, 1.165) is 19.3 Å². The minimum Gasteiger partial charge on any atom is -0.380 e. The molecular weight excluding hydrogens is 183 g/mol. The summed E-state index contributed by atoms with van der Waals surface area (Å²) in [5.74, 6) is 0. The maximum Gasteiger partial charge on any atom is 0.401 e. The lowest BCUT2D eigenvalue weighted by Crippen LogP contribution is -2.41. The molecule has 1 saturated carbocycles. The summed E-state index contributed by atoms with van der Waals surface area (Å²) in [6, 6.07) is -0.133. The van der Waals surface area contributed by atoms with Crippen molar-refractivity contribution in [1.29, 1.82) is 0 Å². The van der Waals surface area contributed by atoms with Gasteiger partial charge in [-0.15, -0.1) is 0 Å². The topological polar surface area (TPSA) is 21.3 Å². The summed E-state index contributed by atoms with van der Waals surface area (Å²) in [7, 11) is 1.54. The van der Waals surface area contributed by atoms with E-state index in [1.807, 2.05) is 0 Å². The Balaban J connectivity index is 2.28. The maximum absolute atomic E-state index is 11.8. The van der Waals surface area contributed by atoms with Crippen LogP contribution in [0.4, 0.5) is 13.2 Å². The second kappa shape index (κ2) is 4.28. The highest BCUT2D eigenvalue weighted by atomic mass is 19.4. The molecule has 0 spiro atoms. The molecule has 13 heavy (non-hydrogen) atoms. The average molecular weight is 197 g/mol. The number of alkyl halides is 3. The number of hydrogen-bond donors (Lipinski definition) is 1. The van der Waals surface area contributed by atoms with Gasteiger partial charge in [-0.05, 0) is 19.3 Å². The molecular formula is C8H14F3NO. The van der Waals surface area contributed by atoms with Gasteiger partial charge in [-0.1, -0.05) is 0 Å². The summed E-state index contributed by atoms with van der Waals surface area (Å²) in [6.07, 6.45) is -1.61. The molecule has 0 heterocycles. The lowest BCUT2D eigenvalue weighted by molar-refractivity contribution is -0.127. The molecule has 78 valence electrons. The number of ether oxygens (including phenoxy) is 1. The highest BCUT2D eigenvalue weighted by Gasteiger charge is 2.32. The normalized spacial score (nSPS) is 29.5. The van der Waals surface area contributed by atoms with E-state index in [0.29, 0.717) is 0 Å². The zero-order chi connectivity index (χ0) is 9.90. The molecule has 0 radical (unpaired) electrons. The number of hydrogen-bond acceptors (Lipinski definition) is 2. The Hall–Kier alpha value is -0.290. The fraction of sp³-hybridized carbons (Fsp3) is 1.00. The van der Waals surface area contributed by atoms with Crippen molar-refractivity contribution < 1.29 is 17.9 Å². The van der Waals surface area contributed by atoms with Crippen LogP contribution in [-0.4, -0.2) is 32.0 Å². The van der Waals surface area contributed by atoms with Gasteiger partial charge in [-0.3, -0.25) is 0 Å². The molecule has 0 aromatic rings. The van der Waals surface area contributed by atoms with Gasteiger partial charge in [-0.25, -0.2) is 0 Å². The largest absolute Gasteiger partial charge is 0.401 e. The van der Waals surface area contributed by atoms with Crippen molar-refractivity contribution >= 4 is 0 Å². The van der Waals surface area contributed by atoms with Crippen LogP contribution in [0.15, 0.2) is 0 Å². The van der Waals surface area contributed by atoms with Crippen LogP contribution in [0, 0.1) is 0 Å². The third kappa shape index (κ3) is 3.52. The van der Waals surface area contributed by atoms with Crippen molar-refractivity contribution in [2.24, 2.45) is 0 Å². The van der Waals surface area contributed by atoms with Crippen molar-refractivity contribution in [2.75, 3.05) is 13.7 Å². The van der Waals surface area contributed by atoms with Crippen LogP contribution < -0.4 is 5.32 Å². The van der Waals surface area contributed by atoms with E-state index < -0.39 is 12.7 Å². The second-order valence-corrected chi connectivity index (χ2v) is 3.31. The molecule has 0 saturated heterocycles. The molecule has 0 aromatic heterocycles. The quantitative estimate of drug-likeness (QED) is 0.743. The zero-order valence-corrected chi connectivity index (χ0v) is 7.53. The maximum atomic E-state index is 11.8. The first-order chi connectivity index (χ1) is 6.03. The third-order valence-corrected chi connectivity index (χ3v) is 2.32. The minimum atomic E-state index is -4.12. The van der Waals surface area contributed by atoms with Crippen molar-refractivity contribution in [1.82, 2.24) is 5.32 Å². The van der Waals surface area contributed by atoms with Crippen LogP contribution in [0.2, 0.25) is 0 Å². The van der Waals surface area contributed by atoms with Crippen molar-refractivity contribution in [3.63, 3.8) is 0 Å². The Kier molecular flexibility index (Phi) is 3.55. The van der Waals surface area contributed by atoms with E-state index in [4.69, 9.17) is 4.74 Å². The van der Waals surface area contributed by atoms with Gasteiger partial charge in [-0.2, -0.15) is 13.2 Å². The highest BCUT2D eigenvalue weighted by molar-refractivity contribution is 4.84. The lowest BCUT2D eigenvalue weighted by Gasteiger charge is -2.20. The molecule has 1 fully saturated rings. The Labute approximate surface area is 75.4 Å². The number of nitrogens with one attached hydrogen (secondary N) is 1. The highest BCUT2D eigenvalue weighted by Crippen LogP contribution is 2.22. The predicted octanol–water partition coefficient (Wildman–Crippen LogP) is 1.71. The fourth-order valence-corrected chi connectivity index (χ4v) is 1.69. The van der Waals surface area contributed by atoms with E-state index in [1.54, 1.807) is 0 Å². The SMILES string of the molecule is COC1CCCC1NCC(F)(F)F. The van der Waals surface area contributed by atoms with Gasteiger partial charge >= 0.3 is 6.18 Å². The van der Waals surface area contributed by atoms with Crippen molar-refractivity contribution in [3.8, 4) is 0 Å².